The summed E-state index contributed by atoms with van der Waals surface area (Å²) in [5, 5.41) is 2.90. The number of unbranched alkanes of at least 4 members (excludes halogenated alkanes) is 1. The van der Waals surface area contributed by atoms with Crippen molar-refractivity contribution in [3.63, 3.8) is 0 Å². The van der Waals surface area contributed by atoms with E-state index in [1.807, 2.05) is 18.2 Å². The Morgan fingerprint density at radius 3 is 2.73 bits per heavy atom. The van der Waals surface area contributed by atoms with E-state index in [1.165, 1.54) is 0 Å². The Balaban J connectivity index is 1.83. The lowest BCUT2D eigenvalue weighted by Gasteiger charge is -2.17. The molecule has 7 heteroatoms. The second kappa shape index (κ2) is 10.0. The number of hydrogen-bond donors (Lipinski definition) is 2. The van der Waals surface area contributed by atoms with Crippen molar-refractivity contribution >= 4 is 11.8 Å². The molecule has 7 nitrogen and oxygen atoms in total. The summed E-state index contributed by atoms with van der Waals surface area (Å²) in [5.41, 5.74) is 6.50. The van der Waals surface area contributed by atoms with Crippen LogP contribution in [0.25, 0.3) is 0 Å². The van der Waals surface area contributed by atoms with Crippen molar-refractivity contribution in [1.82, 2.24) is 10.2 Å². The van der Waals surface area contributed by atoms with Crippen molar-refractivity contribution in [1.29, 1.82) is 0 Å². The highest BCUT2D eigenvalue weighted by Gasteiger charge is 2.33. The predicted molar refractivity (Wildman–Crippen MR) is 99.2 cm³/mol. The summed E-state index contributed by atoms with van der Waals surface area (Å²) >= 11 is 0. The maximum Gasteiger partial charge on any atom is 0.225 e. The largest absolute Gasteiger partial charge is 0.493 e. The maximum absolute atomic E-state index is 12.2. The van der Waals surface area contributed by atoms with E-state index >= 15 is 0 Å². The topological polar surface area (TPSA) is 93.9 Å². The number of carbonyl (C=O) groups is 2. The summed E-state index contributed by atoms with van der Waals surface area (Å²) in [6, 6.07) is 5.74. The van der Waals surface area contributed by atoms with Crippen LogP contribution < -0.4 is 20.5 Å². The van der Waals surface area contributed by atoms with E-state index in [1.54, 1.807) is 19.1 Å². The summed E-state index contributed by atoms with van der Waals surface area (Å²) < 4.78 is 10.5. The van der Waals surface area contributed by atoms with Gasteiger partial charge < -0.3 is 25.4 Å². The van der Waals surface area contributed by atoms with Crippen LogP contribution in [0.5, 0.6) is 11.5 Å². The molecule has 0 bridgehead atoms. The van der Waals surface area contributed by atoms with E-state index in [-0.39, 0.29) is 24.2 Å². The molecule has 1 saturated heterocycles. The molecular weight excluding hydrogens is 334 g/mol. The molecular formula is C19H29N3O4. The first-order chi connectivity index (χ1) is 12.6. The van der Waals surface area contributed by atoms with Gasteiger partial charge in [-0.2, -0.15) is 0 Å². The predicted octanol–water partition coefficient (Wildman–Crippen LogP) is 0.950. The van der Waals surface area contributed by atoms with Crippen LogP contribution in [0.3, 0.4) is 0 Å². The van der Waals surface area contributed by atoms with Crippen LogP contribution in [-0.4, -0.2) is 57.1 Å². The Morgan fingerprint density at radius 1 is 1.27 bits per heavy atom. The van der Waals surface area contributed by atoms with Crippen molar-refractivity contribution < 1.29 is 19.1 Å². The number of nitrogens with two attached hydrogens (primary N) is 1. The summed E-state index contributed by atoms with van der Waals surface area (Å²) in [7, 11) is 3.20. The number of nitrogens with one attached hydrogen (secondary N) is 1. The number of rotatable bonds is 10. The number of benzene rings is 1. The molecule has 0 spiro atoms. The number of carbonyl (C=O) groups excluding carboxylic acids is 2. The first kappa shape index (κ1) is 20.0. The molecule has 1 aromatic carbocycles. The molecule has 1 aliphatic heterocycles. The quantitative estimate of drug-likeness (QED) is 0.604. The molecule has 1 fully saturated rings. The summed E-state index contributed by atoms with van der Waals surface area (Å²) in [6.45, 7) is 2.31. The second-order valence-electron chi connectivity index (χ2n) is 6.47. The zero-order chi connectivity index (χ0) is 18.9. The number of likely N-dealkylation sites (tertiary alicyclic amines) is 1. The number of hydrogen-bond acceptors (Lipinski definition) is 5. The molecule has 2 amide bonds. The van der Waals surface area contributed by atoms with Crippen LogP contribution in [0, 0.1) is 5.92 Å². The van der Waals surface area contributed by atoms with Gasteiger partial charge in [0.05, 0.1) is 20.1 Å². The third-order valence-electron chi connectivity index (χ3n) is 4.63. The number of methoxy groups -OCH3 is 2. The zero-order valence-electron chi connectivity index (χ0n) is 15.6. The van der Waals surface area contributed by atoms with Crippen molar-refractivity contribution in [2.75, 3.05) is 40.4 Å². The Morgan fingerprint density at radius 2 is 2.04 bits per heavy atom. The van der Waals surface area contributed by atoms with Gasteiger partial charge in [0.2, 0.25) is 11.8 Å². The average molecular weight is 363 g/mol. The van der Waals surface area contributed by atoms with Gasteiger partial charge in [0.15, 0.2) is 11.5 Å². The maximum atomic E-state index is 12.2. The van der Waals surface area contributed by atoms with Crippen LogP contribution in [0.2, 0.25) is 0 Å². The van der Waals surface area contributed by atoms with E-state index in [4.69, 9.17) is 15.2 Å². The number of nitrogens with zero attached hydrogens (tertiary/aromatic N) is 1. The summed E-state index contributed by atoms with van der Waals surface area (Å²) in [4.78, 5) is 26.1. The minimum absolute atomic E-state index is 0.0348. The number of amides is 2. The van der Waals surface area contributed by atoms with Gasteiger partial charge in [0, 0.05) is 26.1 Å². The van der Waals surface area contributed by atoms with Crippen molar-refractivity contribution in [3.8, 4) is 11.5 Å². The van der Waals surface area contributed by atoms with Gasteiger partial charge in [-0.25, -0.2) is 0 Å². The van der Waals surface area contributed by atoms with Crippen molar-refractivity contribution in [2.45, 2.75) is 25.7 Å². The molecule has 0 aromatic heterocycles. The molecule has 0 radical (unpaired) electrons. The normalized spacial score (nSPS) is 16.7. The van der Waals surface area contributed by atoms with Gasteiger partial charge in [-0.3, -0.25) is 9.59 Å². The van der Waals surface area contributed by atoms with E-state index < -0.39 is 0 Å². The van der Waals surface area contributed by atoms with E-state index in [0.717, 1.165) is 18.4 Å². The van der Waals surface area contributed by atoms with Gasteiger partial charge >= 0.3 is 0 Å². The Kier molecular flexibility index (Phi) is 7.72. The molecule has 1 atom stereocenters. The average Bonchev–Trinajstić information content (AvgIpc) is 3.04. The highest BCUT2D eigenvalue weighted by molar-refractivity contribution is 5.89. The van der Waals surface area contributed by atoms with Gasteiger partial charge in [0.25, 0.3) is 0 Å². The molecule has 144 valence electrons. The lowest BCUT2D eigenvalue weighted by Crippen LogP contribution is -2.34. The molecule has 3 N–H and O–H groups in total. The lowest BCUT2D eigenvalue weighted by molar-refractivity contribution is -0.129. The van der Waals surface area contributed by atoms with Gasteiger partial charge in [0.1, 0.15) is 0 Å². The van der Waals surface area contributed by atoms with Crippen LogP contribution in [0.15, 0.2) is 18.2 Å². The molecule has 1 aliphatic rings. The Hall–Kier alpha value is -2.28. The fraction of sp³-hybridized carbons (Fsp3) is 0.579. The van der Waals surface area contributed by atoms with Gasteiger partial charge in [-0.05, 0) is 43.5 Å². The first-order valence-electron chi connectivity index (χ1n) is 9.05. The third kappa shape index (κ3) is 5.36. The van der Waals surface area contributed by atoms with E-state index in [2.05, 4.69) is 5.32 Å². The highest BCUT2D eigenvalue weighted by atomic mass is 16.5. The standard InChI is InChI=1S/C19H29N3O4/c1-25-16-6-5-14(11-17(16)26-2)7-10-22-13-15(12-18(22)23)19(24)21-9-4-3-8-20/h5-6,11,15H,3-4,7-10,12-13,20H2,1-2H3,(H,21,24). The van der Waals surface area contributed by atoms with Crippen LogP contribution >= 0.6 is 0 Å². The minimum atomic E-state index is -0.259. The second-order valence-corrected chi connectivity index (χ2v) is 6.47. The monoisotopic (exact) mass is 363 g/mol. The fourth-order valence-corrected chi connectivity index (χ4v) is 3.09. The lowest BCUT2D eigenvalue weighted by atomic mass is 10.1. The summed E-state index contributed by atoms with van der Waals surface area (Å²) in [6.07, 6.45) is 2.75. The molecule has 26 heavy (non-hydrogen) atoms. The van der Waals surface area contributed by atoms with Gasteiger partial charge in [-0.1, -0.05) is 6.07 Å². The smallest absolute Gasteiger partial charge is 0.225 e. The molecule has 1 heterocycles. The number of ether oxygens (including phenoxy) is 2. The molecule has 1 unspecified atom stereocenters. The zero-order valence-corrected chi connectivity index (χ0v) is 15.6. The van der Waals surface area contributed by atoms with E-state index in [0.29, 0.717) is 44.1 Å². The van der Waals surface area contributed by atoms with Gasteiger partial charge in [-0.15, -0.1) is 0 Å². The first-order valence-corrected chi connectivity index (χ1v) is 9.05. The van der Waals surface area contributed by atoms with E-state index in [9.17, 15) is 9.59 Å². The van der Waals surface area contributed by atoms with Crippen molar-refractivity contribution in [3.05, 3.63) is 23.8 Å². The van der Waals surface area contributed by atoms with Crippen LogP contribution in [0.4, 0.5) is 0 Å². The third-order valence-corrected chi connectivity index (χ3v) is 4.63. The molecule has 0 saturated carbocycles. The van der Waals surface area contributed by atoms with Crippen molar-refractivity contribution in [2.24, 2.45) is 11.7 Å². The fourth-order valence-electron chi connectivity index (χ4n) is 3.09. The Bertz CT molecular complexity index is 621. The highest BCUT2D eigenvalue weighted by Crippen LogP contribution is 2.28. The van der Waals surface area contributed by atoms with Crippen LogP contribution in [0.1, 0.15) is 24.8 Å². The summed E-state index contributed by atoms with van der Waals surface area (Å²) in [5.74, 6) is 1.09. The van der Waals surface area contributed by atoms with Crippen LogP contribution in [-0.2, 0) is 16.0 Å². The molecule has 2 rings (SSSR count). The molecule has 0 aliphatic carbocycles. The minimum Gasteiger partial charge on any atom is -0.493 e. The Labute approximate surface area is 154 Å². The SMILES string of the molecule is COc1ccc(CCN2CC(C(=O)NCCCCN)CC2=O)cc1OC. The molecule has 1 aromatic rings.